The van der Waals surface area contributed by atoms with Gasteiger partial charge in [0.15, 0.2) is 5.96 Å². The summed E-state index contributed by atoms with van der Waals surface area (Å²) in [5.74, 6) is 3.07. The number of ether oxygens (including phenoxy) is 1. The predicted molar refractivity (Wildman–Crippen MR) is 103 cm³/mol. The number of rotatable bonds is 11. The highest BCUT2D eigenvalue weighted by Crippen LogP contribution is 2.13. The molecule has 4 nitrogen and oxygen atoms in total. The zero-order valence-corrected chi connectivity index (χ0v) is 15.5. The molecular formula is C18H31N3OS. The van der Waals surface area contributed by atoms with Gasteiger partial charge in [0.05, 0.1) is 6.61 Å². The Balaban J connectivity index is 2.26. The molecule has 1 aromatic rings. The largest absolute Gasteiger partial charge is 0.494 e. The van der Waals surface area contributed by atoms with Gasteiger partial charge in [-0.1, -0.05) is 19.1 Å². The average Bonchev–Trinajstić information content (AvgIpc) is 2.58. The Labute approximate surface area is 145 Å². The lowest BCUT2D eigenvalue weighted by atomic mass is 10.1. The summed E-state index contributed by atoms with van der Waals surface area (Å²) < 4.78 is 5.67. The van der Waals surface area contributed by atoms with Crippen LogP contribution in [0.1, 0.15) is 31.7 Å². The van der Waals surface area contributed by atoms with E-state index < -0.39 is 0 Å². The first kappa shape index (κ1) is 19.7. The number of unbranched alkanes of at least 4 members (excludes halogenated alkanes) is 1. The van der Waals surface area contributed by atoms with Crippen molar-refractivity contribution in [3.8, 4) is 5.75 Å². The summed E-state index contributed by atoms with van der Waals surface area (Å²) in [4.78, 5) is 4.26. The number of aliphatic imine (C=N–C) groups is 1. The summed E-state index contributed by atoms with van der Waals surface area (Å²) in [5.41, 5.74) is 1.28. The van der Waals surface area contributed by atoms with Gasteiger partial charge in [0, 0.05) is 20.1 Å². The lowest BCUT2D eigenvalue weighted by Gasteiger charge is -2.12. The summed E-state index contributed by atoms with van der Waals surface area (Å²) in [5, 5.41) is 6.72. The summed E-state index contributed by atoms with van der Waals surface area (Å²) in [6, 6.07) is 8.33. The number of nitrogens with one attached hydrogen (secondary N) is 2. The Kier molecular flexibility index (Phi) is 11.2. The van der Waals surface area contributed by atoms with Gasteiger partial charge in [-0.15, -0.1) is 0 Å². The Hall–Kier alpha value is -1.36. The van der Waals surface area contributed by atoms with Crippen LogP contribution in [0.2, 0.25) is 0 Å². The molecule has 0 bridgehead atoms. The van der Waals surface area contributed by atoms with E-state index in [1.807, 2.05) is 24.9 Å². The molecule has 0 atom stereocenters. The number of thioether (sulfide) groups is 1. The Morgan fingerprint density at radius 3 is 2.78 bits per heavy atom. The summed E-state index contributed by atoms with van der Waals surface area (Å²) >= 11 is 1.90. The predicted octanol–water partition coefficient (Wildman–Crippen LogP) is 3.33. The molecule has 130 valence electrons. The number of guanidine groups is 1. The van der Waals surface area contributed by atoms with E-state index in [0.29, 0.717) is 0 Å². The molecule has 0 heterocycles. The summed E-state index contributed by atoms with van der Waals surface area (Å²) in [6.45, 7) is 4.73. The van der Waals surface area contributed by atoms with Gasteiger partial charge in [0.1, 0.15) is 5.75 Å². The van der Waals surface area contributed by atoms with Gasteiger partial charge in [0.2, 0.25) is 0 Å². The summed E-state index contributed by atoms with van der Waals surface area (Å²) in [7, 11) is 1.82. The van der Waals surface area contributed by atoms with Crippen molar-refractivity contribution in [1.82, 2.24) is 10.6 Å². The van der Waals surface area contributed by atoms with E-state index in [9.17, 15) is 0 Å². The van der Waals surface area contributed by atoms with Crippen molar-refractivity contribution in [2.45, 2.75) is 32.6 Å². The lowest BCUT2D eigenvalue weighted by Crippen LogP contribution is -2.38. The van der Waals surface area contributed by atoms with E-state index >= 15 is 0 Å². The second kappa shape index (κ2) is 13.1. The monoisotopic (exact) mass is 337 g/mol. The van der Waals surface area contributed by atoms with Crippen molar-refractivity contribution >= 4 is 17.7 Å². The van der Waals surface area contributed by atoms with Gasteiger partial charge in [-0.05, 0) is 55.4 Å². The lowest BCUT2D eigenvalue weighted by molar-refractivity contribution is 0.317. The van der Waals surface area contributed by atoms with Crippen LogP contribution in [-0.4, -0.2) is 44.7 Å². The van der Waals surface area contributed by atoms with Crippen LogP contribution in [0, 0.1) is 0 Å². The van der Waals surface area contributed by atoms with Crippen molar-refractivity contribution in [1.29, 1.82) is 0 Å². The molecule has 0 aliphatic heterocycles. The minimum Gasteiger partial charge on any atom is -0.494 e. The van der Waals surface area contributed by atoms with Gasteiger partial charge in [-0.3, -0.25) is 4.99 Å². The van der Waals surface area contributed by atoms with E-state index in [-0.39, 0.29) is 0 Å². The molecule has 0 aliphatic carbocycles. The fourth-order valence-corrected chi connectivity index (χ4v) is 2.63. The van der Waals surface area contributed by atoms with Crippen molar-refractivity contribution < 1.29 is 4.74 Å². The highest BCUT2D eigenvalue weighted by Gasteiger charge is 2.00. The van der Waals surface area contributed by atoms with Crippen LogP contribution in [0.15, 0.2) is 29.3 Å². The number of benzene rings is 1. The molecular weight excluding hydrogens is 306 g/mol. The molecule has 5 heteroatoms. The van der Waals surface area contributed by atoms with Crippen molar-refractivity contribution in [2.75, 3.05) is 38.8 Å². The maximum atomic E-state index is 5.67. The molecule has 0 amide bonds. The molecule has 0 radical (unpaired) electrons. The SMILES string of the molecule is CCCOc1cccc(CCNC(=NC)NCCCCSC)c1. The zero-order chi connectivity index (χ0) is 16.8. The molecule has 2 N–H and O–H groups in total. The first-order valence-corrected chi connectivity index (χ1v) is 9.84. The minimum absolute atomic E-state index is 0.773. The van der Waals surface area contributed by atoms with Crippen molar-refractivity contribution in [2.24, 2.45) is 4.99 Å². The molecule has 0 saturated carbocycles. The highest BCUT2D eigenvalue weighted by molar-refractivity contribution is 7.98. The maximum Gasteiger partial charge on any atom is 0.190 e. The second-order valence-corrected chi connectivity index (χ2v) is 6.36. The Morgan fingerprint density at radius 2 is 2.04 bits per heavy atom. The molecule has 1 rings (SSSR count). The first-order valence-electron chi connectivity index (χ1n) is 8.45. The van der Waals surface area contributed by atoms with Gasteiger partial charge >= 0.3 is 0 Å². The highest BCUT2D eigenvalue weighted by atomic mass is 32.2. The van der Waals surface area contributed by atoms with Crippen LogP contribution in [-0.2, 0) is 6.42 Å². The third-order valence-electron chi connectivity index (χ3n) is 3.37. The average molecular weight is 338 g/mol. The quantitative estimate of drug-likeness (QED) is 0.369. The molecule has 0 saturated heterocycles. The fourth-order valence-electron chi connectivity index (χ4n) is 2.13. The van der Waals surface area contributed by atoms with Crippen molar-refractivity contribution in [3.05, 3.63) is 29.8 Å². The third-order valence-corrected chi connectivity index (χ3v) is 4.07. The summed E-state index contributed by atoms with van der Waals surface area (Å²) in [6.07, 6.45) is 6.56. The number of nitrogens with zero attached hydrogens (tertiary/aromatic N) is 1. The molecule has 1 aromatic carbocycles. The topological polar surface area (TPSA) is 45.6 Å². The van der Waals surface area contributed by atoms with E-state index in [2.05, 4.69) is 47.0 Å². The van der Waals surface area contributed by atoms with Gasteiger partial charge < -0.3 is 15.4 Å². The first-order chi connectivity index (χ1) is 11.3. The van der Waals surface area contributed by atoms with Crippen LogP contribution in [0.3, 0.4) is 0 Å². The fraction of sp³-hybridized carbons (Fsp3) is 0.611. The molecule has 0 fully saturated rings. The van der Waals surface area contributed by atoms with Crippen LogP contribution >= 0.6 is 11.8 Å². The maximum absolute atomic E-state index is 5.67. The van der Waals surface area contributed by atoms with Crippen LogP contribution in [0.25, 0.3) is 0 Å². The van der Waals surface area contributed by atoms with Crippen LogP contribution in [0.4, 0.5) is 0 Å². The molecule has 0 unspecified atom stereocenters. The standard InChI is InChI=1S/C18H31N3OS/c1-4-13-22-17-9-7-8-16(15-17)10-12-21-18(19-2)20-11-5-6-14-23-3/h7-9,15H,4-6,10-14H2,1-3H3,(H2,19,20,21). The van der Waals surface area contributed by atoms with E-state index in [1.165, 1.54) is 24.2 Å². The van der Waals surface area contributed by atoms with Crippen LogP contribution < -0.4 is 15.4 Å². The molecule has 0 aromatic heterocycles. The molecule has 0 spiro atoms. The minimum atomic E-state index is 0.773. The van der Waals surface area contributed by atoms with Crippen molar-refractivity contribution in [3.63, 3.8) is 0 Å². The second-order valence-electron chi connectivity index (χ2n) is 5.37. The van der Waals surface area contributed by atoms with E-state index in [4.69, 9.17) is 4.74 Å². The third kappa shape index (κ3) is 9.39. The smallest absolute Gasteiger partial charge is 0.190 e. The van der Waals surface area contributed by atoms with Crippen LogP contribution in [0.5, 0.6) is 5.75 Å². The van der Waals surface area contributed by atoms with Gasteiger partial charge in [-0.25, -0.2) is 0 Å². The molecule has 23 heavy (non-hydrogen) atoms. The Bertz CT molecular complexity index is 452. The van der Waals surface area contributed by atoms with E-state index in [1.54, 1.807) is 0 Å². The Morgan fingerprint density at radius 1 is 1.22 bits per heavy atom. The molecule has 0 aliphatic rings. The zero-order valence-electron chi connectivity index (χ0n) is 14.7. The van der Waals surface area contributed by atoms with E-state index in [0.717, 1.165) is 44.2 Å². The number of hydrogen-bond acceptors (Lipinski definition) is 3. The number of hydrogen-bond donors (Lipinski definition) is 2. The van der Waals surface area contributed by atoms with Gasteiger partial charge in [0.25, 0.3) is 0 Å². The van der Waals surface area contributed by atoms with Gasteiger partial charge in [-0.2, -0.15) is 11.8 Å². The normalized spacial score (nSPS) is 11.3.